The molecule has 1 heterocycles. The van der Waals surface area contributed by atoms with E-state index in [0.29, 0.717) is 5.69 Å². The van der Waals surface area contributed by atoms with Crippen molar-refractivity contribution in [3.63, 3.8) is 0 Å². The van der Waals surface area contributed by atoms with Crippen LogP contribution in [0.25, 0.3) is 0 Å². The Hall–Kier alpha value is -1.19. The van der Waals surface area contributed by atoms with Gasteiger partial charge >= 0.3 is 12.3 Å². The average Bonchev–Trinajstić information content (AvgIpc) is 2.47. The second kappa shape index (κ2) is 6.71. The summed E-state index contributed by atoms with van der Waals surface area (Å²) in [5, 5.41) is 2.36. The summed E-state index contributed by atoms with van der Waals surface area (Å²) < 4.78 is 42.8. The number of hydrogen-bond donors (Lipinski definition) is 1. The SMILES string of the molecule is O=C(Nc1cc(C(F)(F)F)ccc1N1CCCCC1)OI. The Balaban J connectivity index is 2.35. The zero-order valence-corrected chi connectivity index (χ0v) is 13.2. The summed E-state index contributed by atoms with van der Waals surface area (Å²) in [7, 11) is 0. The monoisotopic (exact) mass is 414 g/mol. The summed E-state index contributed by atoms with van der Waals surface area (Å²) in [6.07, 6.45) is -2.18. The highest BCUT2D eigenvalue weighted by Gasteiger charge is 2.31. The molecule has 116 valence electrons. The second-order valence-corrected chi connectivity index (χ2v) is 5.21. The number of alkyl halides is 3. The normalized spacial score (nSPS) is 15.7. The van der Waals surface area contributed by atoms with Gasteiger partial charge in [0.15, 0.2) is 23.0 Å². The van der Waals surface area contributed by atoms with Crippen LogP contribution < -0.4 is 10.2 Å². The van der Waals surface area contributed by atoms with Crippen molar-refractivity contribution in [2.45, 2.75) is 25.4 Å². The molecule has 0 unspecified atom stereocenters. The number of nitrogens with zero attached hydrogens (tertiary/aromatic N) is 1. The first-order chi connectivity index (χ1) is 9.91. The lowest BCUT2D eigenvalue weighted by Crippen LogP contribution is -2.30. The molecule has 0 spiro atoms. The Morgan fingerprint density at radius 2 is 1.90 bits per heavy atom. The molecule has 2 rings (SSSR count). The summed E-state index contributed by atoms with van der Waals surface area (Å²) in [6.45, 7) is 1.53. The van der Waals surface area contributed by atoms with E-state index in [4.69, 9.17) is 0 Å². The van der Waals surface area contributed by atoms with Gasteiger partial charge in [0, 0.05) is 13.1 Å². The van der Waals surface area contributed by atoms with Crippen molar-refractivity contribution < 1.29 is 21.0 Å². The van der Waals surface area contributed by atoms with Gasteiger partial charge in [-0.05, 0) is 37.5 Å². The summed E-state index contributed by atoms with van der Waals surface area (Å²) in [6, 6.07) is 3.37. The molecule has 4 nitrogen and oxygen atoms in total. The number of carbonyl (C=O) groups is 1. The van der Waals surface area contributed by atoms with Crippen molar-refractivity contribution in [3.05, 3.63) is 23.8 Å². The maximum Gasteiger partial charge on any atom is 0.421 e. The fraction of sp³-hybridized carbons (Fsp3) is 0.462. The van der Waals surface area contributed by atoms with Gasteiger partial charge in [-0.25, -0.2) is 4.79 Å². The van der Waals surface area contributed by atoms with Crippen molar-refractivity contribution in [2.24, 2.45) is 0 Å². The lowest BCUT2D eigenvalue weighted by Gasteiger charge is -2.30. The molecule has 0 radical (unpaired) electrons. The zero-order valence-electron chi connectivity index (χ0n) is 11.0. The lowest BCUT2D eigenvalue weighted by atomic mass is 10.1. The Labute approximate surface area is 134 Å². The second-order valence-electron chi connectivity index (χ2n) is 4.77. The Bertz CT molecular complexity index is 517. The highest BCUT2D eigenvalue weighted by atomic mass is 127. The number of halogens is 4. The molecular weight excluding hydrogens is 400 g/mol. The van der Waals surface area contributed by atoms with E-state index in [1.54, 1.807) is 0 Å². The van der Waals surface area contributed by atoms with Crippen molar-refractivity contribution in [3.8, 4) is 0 Å². The van der Waals surface area contributed by atoms with E-state index in [1.165, 1.54) is 29.1 Å². The van der Waals surface area contributed by atoms with Crippen LogP contribution in [0.4, 0.5) is 29.3 Å². The Kier molecular flexibility index (Phi) is 5.17. The van der Waals surface area contributed by atoms with Crippen LogP contribution >= 0.6 is 23.0 Å². The van der Waals surface area contributed by atoms with Crippen molar-refractivity contribution in [1.29, 1.82) is 0 Å². The molecule has 1 saturated heterocycles. The fourth-order valence-electron chi connectivity index (χ4n) is 2.35. The standard InChI is InChI=1S/C13H14F3IN2O2/c14-13(15,16)9-4-5-11(19-6-2-1-3-7-19)10(8-9)18-12(20)21-17/h4-5,8H,1-3,6-7H2,(H,18,20). The Morgan fingerprint density at radius 3 is 2.48 bits per heavy atom. The van der Waals surface area contributed by atoms with Gasteiger partial charge in [-0.3, -0.25) is 5.32 Å². The van der Waals surface area contributed by atoms with E-state index in [2.05, 4.69) is 8.38 Å². The van der Waals surface area contributed by atoms with Gasteiger partial charge in [0.25, 0.3) is 0 Å². The van der Waals surface area contributed by atoms with Crippen molar-refractivity contribution >= 4 is 40.5 Å². The van der Waals surface area contributed by atoms with Crippen LogP contribution in [0.2, 0.25) is 0 Å². The van der Waals surface area contributed by atoms with Gasteiger partial charge in [-0.15, -0.1) is 0 Å². The number of anilines is 2. The topological polar surface area (TPSA) is 41.6 Å². The van der Waals surface area contributed by atoms with E-state index in [0.717, 1.165) is 44.5 Å². The molecule has 1 aliphatic rings. The number of amides is 1. The first-order valence-electron chi connectivity index (χ1n) is 6.47. The molecule has 1 aromatic rings. The molecule has 0 atom stereocenters. The van der Waals surface area contributed by atoms with E-state index < -0.39 is 17.8 Å². The third-order valence-corrected chi connectivity index (χ3v) is 3.73. The maximum absolute atomic E-state index is 12.8. The largest absolute Gasteiger partial charge is 0.421 e. The minimum atomic E-state index is -4.45. The Morgan fingerprint density at radius 1 is 1.24 bits per heavy atom. The predicted octanol–water partition coefficient (Wildman–Crippen LogP) is 4.59. The molecule has 1 N–H and O–H groups in total. The molecule has 21 heavy (non-hydrogen) atoms. The minimum absolute atomic E-state index is 0.119. The first-order valence-corrected chi connectivity index (χ1v) is 7.35. The predicted molar refractivity (Wildman–Crippen MR) is 81.6 cm³/mol. The molecule has 0 aliphatic carbocycles. The van der Waals surface area contributed by atoms with E-state index in [9.17, 15) is 18.0 Å². The molecule has 0 aromatic heterocycles. The molecule has 0 saturated carbocycles. The summed E-state index contributed by atoms with van der Waals surface area (Å²) in [4.78, 5) is 13.3. The maximum atomic E-state index is 12.8. The van der Waals surface area contributed by atoms with Crippen LogP contribution in [0.1, 0.15) is 24.8 Å². The fourth-order valence-corrected chi connectivity index (χ4v) is 2.46. The van der Waals surface area contributed by atoms with E-state index >= 15 is 0 Å². The van der Waals surface area contributed by atoms with Gasteiger partial charge in [0.1, 0.15) is 0 Å². The van der Waals surface area contributed by atoms with Crippen LogP contribution in [-0.2, 0) is 9.24 Å². The smallest absolute Gasteiger partial charge is 0.378 e. The lowest BCUT2D eigenvalue weighted by molar-refractivity contribution is -0.137. The zero-order chi connectivity index (χ0) is 15.5. The van der Waals surface area contributed by atoms with Gasteiger partial charge in [-0.2, -0.15) is 13.2 Å². The number of rotatable bonds is 2. The molecule has 0 bridgehead atoms. The third kappa shape index (κ3) is 4.14. The molecule has 1 amide bonds. The molecule has 1 fully saturated rings. The summed E-state index contributed by atoms with van der Waals surface area (Å²) in [5.41, 5.74) is -0.0927. The number of piperidine rings is 1. The quantitative estimate of drug-likeness (QED) is 0.720. The van der Waals surface area contributed by atoms with Gasteiger partial charge < -0.3 is 7.97 Å². The highest BCUT2D eigenvalue weighted by molar-refractivity contribution is 14.1. The van der Waals surface area contributed by atoms with Crippen LogP contribution in [0.3, 0.4) is 0 Å². The third-order valence-electron chi connectivity index (χ3n) is 3.33. The summed E-state index contributed by atoms with van der Waals surface area (Å²) in [5.74, 6) is 0. The van der Waals surface area contributed by atoms with Crippen molar-refractivity contribution in [2.75, 3.05) is 23.3 Å². The van der Waals surface area contributed by atoms with E-state index in [1.807, 2.05) is 4.90 Å². The molecule has 1 aliphatic heterocycles. The number of benzene rings is 1. The van der Waals surface area contributed by atoms with Gasteiger partial charge in [0.2, 0.25) is 0 Å². The number of nitrogens with one attached hydrogen (secondary N) is 1. The minimum Gasteiger partial charge on any atom is -0.378 e. The van der Waals surface area contributed by atoms with Gasteiger partial charge in [0.05, 0.1) is 16.9 Å². The average molecular weight is 414 g/mol. The van der Waals surface area contributed by atoms with Crippen LogP contribution in [0.5, 0.6) is 0 Å². The molecule has 8 heteroatoms. The molecular formula is C13H14F3IN2O2. The molecule has 1 aromatic carbocycles. The van der Waals surface area contributed by atoms with Gasteiger partial charge in [-0.1, -0.05) is 0 Å². The van der Waals surface area contributed by atoms with E-state index in [-0.39, 0.29) is 5.69 Å². The number of hydrogen-bond acceptors (Lipinski definition) is 3. The first kappa shape index (κ1) is 16.2. The summed E-state index contributed by atoms with van der Waals surface area (Å²) >= 11 is 1.38. The highest BCUT2D eigenvalue weighted by Crippen LogP contribution is 2.36. The van der Waals surface area contributed by atoms with Crippen LogP contribution in [-0.4, -0.2) is 19.2 Å². The number of carbonyl (C=O) groups excluding carboxylic acids is 1. The van der Waals surface area contributed by atoms with Crippen molar-refractivity contribution in [1.82, 2.24) is 0 Å². The van der Waals surface area contributed by atoms with Crippen LogP contribution in [0, 0.1) is 0 Å². The van der Waals surface area contributed by atoms with Crippen LogP contribution in [0.15, 0.2) is 18.2 Å².